The van der Waals surface area contributed by atoms with Crippen molar-refractivity contribution in [2.45, 2.75) is 19.8 Å². The van der Waals surface area contributed by atoms with Crippen molar-refractivity contribution in [1.82, 2.24) is 10.1 Å². The molecule has 1 atom stereocenters. The number of carbonyl (C=O) groups excluding carboxylic acids is 2. The van der Waals surface area contributed by atoms with E-state index >= 15 is 0 Å². The number of aryl methyl sites for hydroxylation is 1. The van der Waals surface area contributed by atoms with Gasteiger partial charge in [-0.25, -0.2) is 0 Å². The van der Waals surface area contributed by atoms with Gasteiger partial charge in [0.25, 0.3) is 0 Å². The lowest BCUT2D eigenvalue weighted by atomic mass is 10.1. The van der Waals surface area contributed by atoms with Crippen molar-refractivity contribution in [1.29, 1.82) is 0 Å². The zero-order valence-electron chi connectivity index (χ0n) is 18.0. The number of carbonyl (C=O) groups is 2. The van der Waals surface area contributed by atoms with Crippen LogP contribution in [0.5, 0.6) is 0 Å². The molecule has 2 amide bonds. The number of furan rings is 1. The number of nitrogens with zero attached hydrogens (tertiary/aromatic N) is 3. The summed E-state index contributed by atoms with van der Waals surface area (Å²) in [7, 11) is 0. The first-order valence-electron chi connectivity index (χ1n) is 10.7. The Morgan fingerprint density at radius 1 is 1.12 bits per heavy atom. The molecule has 0 bridgehead atoms. The van der Waals surface area contributed by atoms with Gasteiger partial charge < -0.3 is 19.2 Å². The van der Waals surface area contributed by atoms with Gasteiger partial charge in [-0.05, 0) is 42.8 Å². The van der Waals surface area contributed by atoms with Crippen LogP contribution in [-0.2, 0) is 16.0 Å². The van der Waals surface area contributed by atoms with Gasteiger partial charge in [-0.1, -0.05) is 41.1 Å². The molecular formula is C25H22N4O4. The number of hydrogen-bond acceptors (Lipinski definition) is 6. The van der Waals surface area contributed by atoms with Crippen molar-refractivity contribution in [3.8, 4) is 11.6 Å². The highest BCUT2D eigenvalue weighted by Crippen LogP contribution is 2.27. The smallest absolute Gasteiger partial charge is 0.238 e. The lowest BCUT2D eigenvalue weighted by Gasteiger charge is -2.17. The number of aromatic nitrogens is 2. The summed E-state index contributed by atoms with van der Waals surface area (Å²) < 4.78 is 10.7. The Bertz CT molecular complexity index is 1280. The van der Waals surface area contributed by atoms with Crippen molar-refractivity contribution in [2.75, 3.05) is 16.8 Å². The molecule has 33 heavy (non-hydrogen) atoms. The highest BCUT2D eigenvalue weighted by molar-refractivity contribution is 6.03. The second kappa shape index (κ2) is 8.74. The number of benzene rings is 2. The zero-order chi connectivity index (χ0) is 22.8. The minimum Gasteiger partial charge on any atom is -0.461 e. The number of hydrogen-bond donors (Lipinski definition) is 1. The molecule has 0 saturated carbocycles. The zero-order valence-corrected chi connectivity index (χ0v) is 18.0. The maximum atomic E-state index is 13.0. The summed E-state index contributed by atoms with van der Waals surface area (Å²) in [5, 5.41) is 6.93. The van der Waals surface area contributed by atoms with Crippen molar-refractivity contribution in [2.24, 2.45) is 5.92 Å². The van der Waals surface area contributed by atoms with Crippen LogP contribution in [0.15, 0.2) is 75.9 Å². The Balaban J connectivity index is 1.28. The standard InChI is InChI=1S/C25H22N4O4/c1-16-8-10-19(11-9-16)29-15-18(14-23(29)30)25(31)26-20-6-3-2-5-17(20)13-22-27-24(28-33-22)21-7-4-12-32-21/h2-12,18H,13-15H2,1H3,(H,26,31). The van der Waals surface area contributed by atoms with Crippen LogP contribution in [0, 0.1) is 12.8 Å². The third-order valence-electron chi connectivity index (χ3n) is 5.67. The Hall–Kier alpha value is -4.20. The first-order valence-corrected chi connectivity index (χ1v) is 10.7. The maximum absolute atomic E-state index is 13.0. The van der Waals surface area contributed by atoms with E-state index in [-0.39, 0.29) is 18.2 Å². The fourth-order valence-electron chi connectivity index (χ4n) is 3.88. The fraction of sp³-hybridized carbons (Fsp3) is 0.200. The Morgan fingerprint density at radius 3 is 2.73 bits per heavy atom. The lowest BCUT2D eigenvalue weighted by molar-refractivity contribution is -0.122. The lowest BCUT2D eigenvalue weighted by Crippen LogP contribution is -2.28. The second-order valence-electron chi connectivity index (χ2n) is 8.05. The average molecular weight is 442 g/mol. The van der Waals surface area contributed by atoms with Crippen LogP contribution in [0.1, 0.15) is 23.4 Å². The average Bonchev–Trinajstić information content (AvgIpc) is 3.57. The molecule has 0 aliphatic carbocycles. The van der Waals surface area contributed by atoms with Gasteiger partial charge in [0.1, 0.15) is 0 Å². The van der Waals surface area contributed by atoms with Crippen LogP contribution in [0.3, 0.4) is 0 Å². The van der Waals surface area contributed by atoms with Crippen LogP contribution >= 0.6 is 0 Å². The Morgan fingerprint density at radius 2 is 1.94 bits per heavy atom. The van der Waals surface area contributed by atoms with Crippen LogP contribution in [0.2, 0.25) is 0 Å². The third-order valence-corrected chi connectivity index (χ3v) is 5.67. The van der Waals surface area contributed by atoms with Crippen molar-refractivity contribution < 1.29 is 18.5 Å². The quantitative estimate of drug-likeness (QED) is 0.480. The molecule has 166 valence electrons. The van der Waals surface area contributed by atoms with Gasteiger partial charge in [0.2, 0.25) is 23.5 Å². The highest BCUT2D eigenvalue weighted by atomic mass is 16.5. The van der Waals surface area contributed by atoms with Gasteiger partial charge in [-0.15, -0.1) is 0 Å². The monoisotopic (exact) mass is 442 g/mol. The van der Waals surface area contributed by atoms with Crippen LogP contribution in [-0.4, -0.2) is 28.5 Å². The molecule has 1 unspecified atom stereocenters. The molecule has 1 saturated heterocycles. The molecule has 4 aromatic rings. The van der Waals surface area contributed by atoms with Gasteiger partial charge in [-0.2, -0.15) is 4.98 Å². The highest BCUT2D eigenvalue weighted by Gasteiger charge is 2.35. The number of anilines is 2. The number of rotatable bonds is 6. The van der Waals surface area contributed by atoms with Gasteiger partial charge >= 0.3 is 0 Å². The summed E-state index contributed by atoms with van der Waals surface area (Å²) in [6.07, 6.45) is 2.07. The van der Waals surface area contributed by atoms with E-state index in [9.17, 15) is 9.59 Å². The largest absolute Gasteiger partial charge is 0.461 e. The van der Waals surface area contributed by atoms with Crippen LogP contribution in [0.4, 0.5) is 11.4 Å². The van der Waals surface area contributed by atoms with Crippen LogP contribution < -0.4 is 10.2 Å². The van der Waals surface area contributed by atoms with Crippen molar-refractivity contribution >= 4 is 23.2 Å². The predicted octanol–water partition coefficient (Wildman–Crippen LogP) is 4.22. The van der Waals surface area contributed by atoms with Gasteiger partial charge in [0.05, 0.1) is 18.6 Å². The van der Waals surface area contributed by atoms with E-state index in [1.54, 1.807) is 23.3 Å². The van der Waals surface area contributed by atoms with E-state index in [2.05, 4.69) is 15.5 Å². The molecule has 8 heteroatoms. The summed E-state index contributed by atoms with van der Waals surface area (Å²) in [6.45, 7) is 2.35. The molecule has 1 N–H and O–H groups in total. The molecule has 2 aromatic carbocycles. The topological polar surface area (TPSA) is 101 Å². The summed E-state index contributed by atoms with van der Waals surface area (Å²) >= 11 is 0. The predicted molar refractivity (Wildman–Crippen MR) is 122 cm³/mol. The summed E-state index contributed by atoms with van der Waals surface area (Å²) in [4.78, 5) is 31.6. The molecule has 1 aliphatic heterocycles. The Kier molecular flexibility index (Phi) is 5.48. The van der Waals surface area contributed by atoms with E-state index in [0.29, 0.717) is 36.1 Å². The molecule has 0 radical (unpaired) electrons. The summed E-state index contributed by atoms with van der Waals surface area (Å²) in [5.74, 6) is 0.633. The SMILES string of the molecule is Cc1ccc(N2CC(C(=O)Nc3ccccc3Cc3nc(-c4ccco4)no3)CC2=O)cc1. The van der Waals surface area contributed by atoms with E-state index < -0.39 is 5.92 Å². The number of para-hydroxylation sites is 1. The van der Waals surface area contributed by atoms with Gasteiger partial charge in [0.15, 0.2) is 5.76 Å². The molecule has 5 rings (SSSR count). The number of nitrogens with one attached hydrogen (secondary N) is 1. The van der Waals surface area contributed by atoms with E-state index in [1.165, 1.54) is 0 Å². The second-order valence-corrected chi connectivity index (χ2v) is 8.05. The summed E-state index contributed by atoms with van der Waals surface area (Å²) in [6, 6.07) is 18.7. The minimum atomic E-state index is -0.430. The van der Waals surface area contributed by atoms with Crippen molar-refractivity contribution in [3.63, 3.8) is 0 Å². The normalized spacial score (nSPS) is 15.7. The Labute approximate surface area is 190 Å². The van der Waals surface area contributed by atoms with Crippen LogP contribution in [0.25, 0.3) is 11.6 Å². The van der Waals surface area contributed by atoms with Gasteiger partial charge in [-0.3, -0.25) is 9.59 Å². The van der Waals surface area contributed by atoms with Crippen molar-refractivity contribution in [3.05, 3.63) is 83.9 Å². The third kappa shape index (κ3) is 4.41. The number of amides is 2. The summed E-state index contributed by atoms with van der Waals surface area (Å²) in [5.41, 5.74) is 3.42. The molecule has 1 aliphatic rings. The van der Waals surface area contributed by atoms with E-state index in [4.69, 9.17) is 8.94 Å². The van der Waals surface area contributed by atoms with Gasteiger partial charge in [0, 0.05) is 24.3 Å². The van der Waals surface area contributed by atoms with E-state index in [0.717, 1.165) is 16.8 Å². The molecule has 2 aromatic heterocycles. The first kappa shape index (κ1) is 20.7. The first-order chi connectivity index (χ1) is 16.1. The minimum absolute atomic E-state index is 0.0522. The fourth-order valence-corrected chi connectivity index (χ4v) is 3.88. The molecule has 0 spiro atoms. The molecule has 3 heterocycles. The molecule has 8 nitrogen and oxygen atoms in total. The molecule has 1 fully saturated rings. The maximum Gasteiger partial charge on any atom is 0.238 e. The molecular weight excluding hydrogens is 420 g/mol. The van der Waals surface area contributed by atoms with E-state index in [1.807, 2.05) is 55.5 Å².